The van der Waals surface area contributed by atoms with Crippen LogP contribution in [0.15, 0.2) is 86.0 Å². The average Bonchev–Trinajstić information content (AvgIpc) is 3.13. The number of benzene rings is 3. The van der Waals surface area contributed by atoms with E-state index in [9.17, 15) is 23.3 Å². The molecule has 4 rings (SSSR count). The van der Waals surface area contributed by atoms with Crippen LogP contribution in [0.2, 0.25) is 0 Å². The van der Waals surface area contributed by atoms with Crippen molar-refractivity contribution in [2.75, 3.05) is 0 Å². The number of amidine groups is 1. The lowest BCUT2D eigenvalue weighted by atomic mass is 10.2. The Morgan fingerprint density at radius 1 is 1.11 bits per heavy atom. The number of aliphatic imine (C=N–C) groups is 1. The van der Waals surface area contributed by atoms with Gasteiger partial charge in [-0.15, -0.1) is 0 Å². The number of hydrogen-bond donors (Lipinski definition) is 1. The lowest BCUT2D eigenvalue weighted by Crippen LogP contribution is -2.19. The zero-order valence-electron chi connectivity index (χ0n) is 18.0. The maximum absolute atomic E-state index is 12.6. The van der Waals surface area contributed by atoms with E-state index in [1.807, 2.05) is 6.92 Å². The third-order valence-electron chi connectivity index (χ3n) is 4.69. The number of aryl methyl sites for hydroxylation is 1. The summed E-state index contributed by atoms with van der Waals surface area (Å²) in [4.78, 5) is 27.5. The molecule has 1 fully saturated rings. The Morgan fingerprint density at radius 3 is 2.54 bits per heavy atom. The van der Waals surface area contributed by atoms with Gasteiger partial charge in [-0.05, 0) is 76.6 Å². The molecule has 1 aliphatic heterocycles. The van der Waals surface area contributed by atoms with Crippen molar-refractivity contribution < 1.29 is 22.3 Å². The standard InChI is InChI=1S/C23H16BrN3O6S2/c1-14-5-8-18(9-6-14)35(31,32)33-17-4-2-3-15(11-17)12-21-22(28)26-23(34-21)25-20-10-7-16(27(29)30)13-19(20)24/h2-13H,1H3,(H,25,26,28)/b21-12+. The number of nitrogens with zero attached hydrogens (tertiary/aromatic N) is 2. The summed E-state index contributed by atoms with van der Waals surface area (Å²) in [5.41, 5.74) is 1.80. The molecular weight excluding hydrogens is 558 g/mol. The smallest absolute Gasteiger partial charge is 0.339 e. The molecule has 3 aromatic rings. The fourth-order valence-electron chi connectivity index (χ4n) is 2.98. The van der Waals surface area contributed by atoms with Gasteiger partial charge in [-0.3, -0.25) is 14.9 Å². The Balaban J connectivity index is 1.53. The zero-order chi connectivity index (χ0) is 25.2. The number of halogens is 1. The highest BCUT2D eigenvalue weighted by molar-refractivity contribution is 9.10. The van der Waals surface area contributed by atoms with Crippen molar-refractivity contribution in [1.29, 1.82) is 0 Å². The molecule has 0 unspecified atom stereocenters. The minimum Gasteiger partial charge on any atom is -0.379 e. The summed E-state index contributed by atoms with van der Waals surface area (Å²) >= 11 is 4.33. The van der Waals surface area contributed by atoms with E-state index in [2.05, 4.69) is 26.2 Å². The molecule has 1 amide bonds. The van der Waals surface area contributed by atoms with Crippen molar-refractivity contribution in [2.45, 2.75) is 11.8 Å². The molecule has 1 N–H and O–H groups in total. The van der Waals surface area contributed by atoms with Gasteiger partial charge in [0, 0.05) is 12.1 Å². The molecule has 3 aromatic carbocycles. The van der Waals surface area contributed by atoms with Gasteiger partial charge in [-0.2, -0.15) is 8.42 Å². The Hall–Kier alpha value is -3.48. The summed E-state index contributed by atoms with van der Waals surface area (Å²) in [5, 5.41) is 13.8. The normalized spacial score (nSPS) is 15.9. The summed E-state index contributed by atoms with van der Waals surface area (Å²) < 4.78 is 30.8. The quantitative estimate of drug-likeness (QED) is 0.183. The Bertz CT molecular complexity index is 1500. The largest absolute Gasteiger partial charge is 0.379 e. The van der Waals surface area contributed by atoms with E-state index in [1.54, 1.807) is 30.3 Å². The molecule has 35 heavy (non-hydrogen) atoms. The van der Waals surface area contributed by atoms with Crippen molar-refractivity contribution >= 4 is 66.3 Å². The van der Waals surface area contributed by atoms with Crippen LogP contribution in [-0.2, 0) is 14.9 Å². The van der Waals surface area contributed by atoms with E-state index in [0.717, 1.165) is 17.3 Å². The lowest BCUT2D eigenvalue weighted by Gasteiger charge is -2.08. The van der Waals surface area contributed by atoms with Crippen molar-refractivity contribution in [3.63, 3.8) is 0 Å². The van der Waals surface area contributed by atoms with Crippen LogP contribution in [0.25, 0.3) is 6.08 Å². The van der Waals surface area contributed by atoms with Crippen LogP contribution in [0.3, 0.4) is 0 Å². The highest BCUT2D eigenvalue weighted by Crippen LogP contribution is 2.33. The van der Waals surface area contributed by atoms with Crippen LogP contribution in [0.4, 0.5) is 11.4 Å². The molecule has 0 saturated carbocycles. The highest BCUT2D eigenvalue weighted by Gasteiger charge is 2.24. The Labute approximate surface area is 213 Å². The highest BCUT2D eigenvalue weighted by atomic mass is 79.9. The molecule has 1 heterocycles. The third kappa shape index (κ3) is 5.96. The van der Waals surface area contributed by atoms with Crippen LogP contribution in [0.1, 0.15) is 11.1 Å². The van der Waals surface area contributed by atoms with Crippen LogP contribution >= 0.6 is 27.7 Å². The van der Waals surface area contributed by atoms with Gasteiger partial charge >= 0.3 is 10.1 Å². The van der Waals surface area contributed by atoms with Crippen LogP contribution < -0.4 is 9.50 Å². The van der Waals surface area contributed by atoms with Gasteiger partial charge in [0.15, 0.2) is 5.17 Å². The monoisotopic (exact) mass is 573 g/mol. The summed E-state index contributed by atoms with van der Waals surface area (Å²) in [7, 11) is -4.01. The van der Waals surface area contributed by atoms with Gasteiger partial charge < -0.3 is 9.50 Å². The lowest BCUT2D eigenvalue weighted by molar-refractivity contribution is -0.384. The second-order valence-corrected chi connectivity index (χ2v) is 10.7. The van der Waals surface area contributed by atoms with Gasteiger partial charge in [0.2, 0.25) is 0 Å². The summed E-state index contributed by atoms with van der Waals surface area (Å²) in [6.45, 7) is 1.85. The van der Waals surface area contributed by atoms with Gasteiger partial charge in [-0.25, -0.2) is 4.99 Å². The first-order chi connectivity index (χ1) is 16.6. The van der Waals surface area contributed by atoms with Gasteiger partial charge in [0.1, 0.15) is 10.6 Å². The van der Waals surface area contributed by atoms with Crippen LogP contribution in [0.5, 0.6) is 5.75 Å². The first-order valence-corrected chi connectivity index (χ1v) is 13.0. The number of hydrogen-bond acceptors (Lipinski definition) is 8. The summed E-state index contributed by atoms with van der Waals surface area (Å²) in [6, 6.07) is 16.8. The molecule has 12 heteroatoms. The molecule has 1 saturated heterocycles. The van der Waals surface area contributed by atoms with Gasteiger partial charge in [-0.1, -0.05) is 29.8 Å². The number of nitro benzene ring substituents is 1. The molecule has 0 spiro atoms. The van der Waals surface area contributed by atoms with E-state index in [-0.39, 0.29) is 22.2 Å². The number of thioether (sulfide) groups is 1. The first-order valence-electron chi connectivity index (χ1n) is 9.95. The summed E-state index contributed by atoms with van der Waals surface area (Å²) in [6.07, 6.45) is 1.58. The number of carbonyl (C=O) groups excluding carboxylic acids is 1. The minimum absolute atomic E-state index is 0.0378. The van der Waals surface area contributed by atoms with E-state index in [1.165, 1.54) is 42.5 Å². The Kier molecular flexibility index (Phi) is 7.05. The number of rotatable bonds is 6. The molecular formula is C23H16BrN3O6S2. The maximum Gasteiger partial charge on any atom is 0.339 e. The molecule has 0 bridgehead atoms. The second-order valence-electron chi connectivity index (χ2n) is 7.30. The molecule has 0 aliphatic carbocycles. The van der Waals surface area contributed by atoms with E-state index >= 15 is 0 Å². The molecule has 1 aliphatic rings. The first kappa shape index (κ1) is 24.6. The van der Waals surface area contributed by atoms with E-state index in [4.69, 9.17) is 4.18 Å². The van der Waals surface area contributed by atoms with Gasteiger partial charge in [0.25, 0.3) is 11.6 Å². The second kappa shape index (κ2) is 10.0. The third-order valence-corrected chi connectivity index (χ3v) is 7.49. The van der Waals surface area contributed by atoms with Crippen molar-refractivity contribution in [2.24, 2.45) is 4.99 Å². The predicted molar refractivity (Wildman–Crippen MR) is 137 cm³/mol. The molecule has 9 nitrogen and oxygen atoms in total. The number of nitro groups is 1. The predicted octanol–water partition coefficient (Wildman–Crippen LogP) is 5.33. The number of carbonyl (C=O) groups is 1. The molecule has 0 aromatic heterocycles. The maximum atomic E-state index is 12.6. The zero-order valence-corrected chi connectivity index (χ0v) is 21.2. The summed E-state index contributed by atoms with van der Waals surface area (Å²) in [5.74, 6) is -0.280. The topological polar surface area (TPSA) is 128 Å². The van der Waals surface area contributed by atoms with Crippen molar-refractivity contribution in [1.82, 2.24) is 5.32 Å². The fraction of sp³-hybridized carbons (Fsp3) is 0.0435. The number of non-ortho nitro benzene ring substituents is 1. The molecule has 178 valence electrons. The van der Waals surface area contributed by atoms with E-state index < -0.39 is 15.0 Å². The van der Waals surface area contributed by atoms with Crippen molar-refractivity contribution in [3.05, 3.63) is 97.3 Å². The number of amides is 1. The number of nitrogens with one attached hydrogen (secondary N) is 1. The fourth-order valence-corrected chi connectivity index (χ4v) is 5.19. The van der Waals surface area contributed by atoms with Crippen LogP contribution in [0, 0.1) is 17.0 Å². The van der Waals surface area contributed by atoms with E-state index in [0.29, 0.717) is 25.8 Å². The van der Waals surface area contributed by atoms with Crippen LogP contribution in [-0.4, -0.2) is 24.4 Å². The van der Waals surface area contributed by atoms with Gasteiger partial charge in [0.05, 0.1) is 20.0 Å². The van der Waals surface area contributed by atoms with Crippen molar-refractivity contribution in [3.8, 4) is 5.75 Å². The molecule has 0 radical (unpaired) electrons. The Morgan fingerprint density at radius 2 is 1.86 bits per heavy atom. The SMILES string of the molecule is Cc1ccc(S(=O)(=O)Oc2cccc(/C=C3/SC(=Nc4ccc([N+](=O)[O-])cc4Br)NC3=O)c2)cc1. The molecule has 0 atom stereocenters. The average molecular weight is 574 g/mol. The minimum atomic E-state index is -4.01.